The van der Waals surface area contributed by atoms with Gasteiger partial charge in [-0.15, -0.1) is 0 Å². The lowest BCUT2D eigenvalue weighted by Gasteiger charge is -2.42. The first-order valence-corrected chi connectivity index (χ1v) is 12.2. The van der Waals surface area contributed by atoms with Crippen LogP contribution in [0.5, 0.6) is 5.75 Å². The van der Waals surface area contributed by atoms with E-state index in [1.807, 2.05) is 0 Å². The first kappa shape index (κ1) is 28.7. The molecule has 212 valence electrons. The van der Waals surface area contributed by atoms with E-state index in [0.29, 0.717) is 22.3 Å². The van der Waals surface area contributed by atoms with Crippen molar-refractivity contribution in [2.75, 3.05) is 26.1 Å². The molecule has 1 aromatic heterocycles. The minimum Gasteiger partial charge on any atom is -0.465 e. The van der Waals surface area contributed by atoms with E-state index < -0.39 is 55.1 Å². The Labute approximate surface area is 228 Å². The van der Waals surface area contributed by atoms with Gasteiger partial charge in [-0.25, -0.2) is 9.59 Å². The van der Waals surface area contributed by atoms with Gasteiger partial charge in [0.15, 0.2) is 0 Å². The quantitative estimate of drug-likeness (QED) is 0.247. The number of carbonyl (C=O) groups excluding carboxylic acids is 3. The van der Waals surface area contributed by atoms with E-state index in [1.54, 1.807) is 42.5 Å². The summed E-state index contributed by atoms with van der Waals surface area (Å²) in [4.78, 5) is 40.6. The molecule has 2 aromatic carbocycles. The molecule has 0 radical (unpaired) electrons. The third-order valence-corrected chi connectivity index (χ3v) is 6.32. The highest BCUT2D eigenvalue weighted by atomic mass is 16.7. The van der Waals surface area contributed by atoms with Crippen LogP contribution in [0.4, 0.5) is 11.4 Å². The number of esters is 2. The fourth-order valence-corrected chi connectivity index (χ4v) is 4.30. The van der Waals surface area contributed by atoms with Crippen LogP contribution in [0, 0.1) is 0 Å². The molecule has 40 heavy (non-hydrogen) atoms. The molecule has 5 N–H and O–H groups in total. The van der Waals surface area contributed by atoms with Crippen LogP contribution >= 0.6 is 0 Å². The number of rotatable bonds is 8. The van der Waals surface area contributed by atoms with E-state index in [-0.39, 0.29) is 16.9 Å². The zero-order valence-electron chi connectivity index (χ0n) is 21.9. The molecule has 0 aliphatic carbocycles. The van der Waals surface area contributed by atoms with Crippen molar-refractivity contribution in [3.63, 3.8) is 0 Å². The number of aliphatic hydroxyl groups is 3. The Hall–Kier alpha value is -4.30. The van der Waals surface area contributed by atoms with E-state index in [9.17, 15) is 29.7 Å². The molecule has 4 rings (SSSR count). The van der Waals surface area contributed by atoms with Crippen molar-refractivity contribution in [2.45, 2.75) is 37.6 Å². The molecule has 0 spiro atoms. The summed E-state index contributed by atoms with van der Waals surface area (Å²) >= 11 is 0. The Morgan fingerprint density at radius 1 is 1.00 bits per heavy atom. The third-order valence-electron chi connectivity index (χ3n) is 6.32. The molecule has 3 aromatic rings. The first-order valence-electron chi connectivity index (χ1n) is 12.2. The van der Waals surface area contributed by atoms with Gasteiger partial charge in [-0.2, -0.15) is 0 Å². The molecule has 2 heterocycles. The molecule has 1 aliphatic heterocycles. The van der Waals surface area contributed by atoms with Crippen molar-refractivity contribution in [1.29, 1.82) is 0 Å². The van der Waals surface area contributed by atoms with Gasteiger partial charge in [-0.1, -0.05) is 0 Å². The molecule has 1 saturated heterocycles. The largest absolute Gasteiger partial charge is 0.465 e. The highest BCUT2D eigenvalue weighted by molar-refractivity contribution is 6.07. The Morgan fingerprint density at radius 3 is 2.33 bits per heavy atom. The molecule has 13 heteroatoms. The van der Waals surface area contributed by atoms with Gasteiger partial charge in [0.1, 0.15) is 35.7 Å². The first-order chi connectivity index (χ1) is 19.2. The predicted octanol–water partition coefficient (Wildman–Crippen LogP) is 0.874. The number of aliphatic hydroxyl groups excluding tert-OH is 3. The lowest BCUT2D eigenvalue weighted by atomic mass is 9.97. The van der Waals surface area contributed by atoms with Gasteiger partial charge in [0.05, 0.1) is 37.6 Å². The summed E-state index contributed by atoms with van der Waals surface area (Å²) in [6.07, 6.45) is -3.87. The summed E-state index contributed by atoms with van der Waals surface area (Å²) in [5.41, 5.74) is 1.79. The fourth-order valence-electron chi connectivity index (χ4n) is 4.30. The second-order valence-electron chi connectivity index (χ2n) is 8.96. The van der Waals surface area contributed by atoms with Crippen LogP contribution in [0.25, 0.3) is 10.9 Å². The van der Waals surface area contributed by atoms with Gasteiger partial charge < -0.3 is 44.9 Å². The molecule has 5 atom stereocenters. The van der Waals surface area contributed by atoms with Crippen LogP contribution in [0.1, 0.15) is 27.6 Å². The van der Waals surface area contributed by atoms with Crippen LogP contribution in [0.3, 0.4) is 0 Å². The molecular weight excluding hydrogens is 526 g/mol. The summed E-state index contributed by atoms with van der Waals surface area (Å²) < 4.78 is 21.2. The topological polar surface area (TPSA) is 186 Å². The van der Waals surface area contributed by atoms with Crippen molar-refractivity contribution in [3.05, 3.63) is 59.8 Å². The highest BCUT2D eigenvalue weighted by Gasteiger charge is 2.46. The molecule has 0 bridgehead atoms. The van der Waals surface area contributed by atoms with E-state index in [2.05, 4.69) is 15.6 Å². The molecule has 1 fully saturated rings. The number of anilines is 2. The number of fused-ring (bicyclic) bond motifs is 1. The Kier molecular flexibility index (Phi) is 8.80. The Morgan fingerprint density at radius 2 is 1.70 bits per heavy atom. The molecule has 13 nitrogen and oxygen atoms in total. The summed E-state index contributed by atoms with van der Waals surface area (Å²) in [6.45, 7) is 0.669. The number of ether oxygens (including phenoxy) is 4. The minimum absolute atomic E-state index is 0.133. The van der Waals surface area contributed by atoms with Crippen molar-refractivity contribution >= 4 is 40.1 Å². The number of benzene rings is 2. The number of aromatic nitrogens is 1. The van der Waals surface area contributed by atoms with Crippen LogP contribution in [-0.4, -0.2) is 89.6 Å². The molecular formula is C27H29N3O10. The lowest BCUT2D eigenvalue weighted by molar-refractivity contribution is -0.244. The van der Waals surface area contributed by atoms with Gasteiger partial charge in [-0.3, -0.25) is 9.78 Å². The number of carbonyl (C=O) groups is 3. The molecule has 1 amide bonds. The summed E-state index contributed by atoms with van der Waals surface area (Å²) in [5.74, 6) is -1.39. The van der Waals surface area contributed by atoms with E-state index in [0.717, 1.165) is 0 Å². The fraction of sp³-hybridized carbons (Fsp3) is 0.333. The Bertz CT molecular complexity index is 1390. The second kappa shape index (κ2) is 12.3. The Balaban J connectivity index is 1.63. The molecule has 0 unspecified atom stereocenters. The van der Waals surface area contributed by atoms with Gasteiger partial charge >= 0.3 is 11.9 Å². The summed E-state index contributed by atoms with van der Waals surface area (Å²) in [7, 11) is 2.51. The number of amides is 1. The highest BCUT2D eigenvalue weighted by Crippen LogP contribution is 2.32. The zero-order chi connectivity index (χ0) is 29.0. The van der Waals surface area contributed by atoms with Crippen molar-refractivity contribution in [3.8, 4) is 5.75 Å². The van der Waals surface area contributed by atoms with E-state index in [4.69, 9.17) is 18.9 Å². The monoisotopic (exact) mass is 555 g/mol. The average molecular weight is 556 g/mol. The molecule has 1 aliphatic rings. The van der Waals surface area contributed by atoms with Crippen LogP contribution in [0.2, 0.25) is 0 Å². The predicted molar refractivity (Wildman–Crippen MR) is 140 cm³/mol. The van der Waals surface area contributed by atoms with Gasteiger partial charge in [0.2, 0.25) is 12.2 Å². The number of hydrogen-bond acceptors (Lipinski definition) is 12. The smallest absolute Gasteiger partial charge is 0.341 e. The van der Waals surface area contributed by atoms with Crippen LogP contribution in [-0.2, 0) is 19.0 Å². The number of hydrogen-bond donors (Lipinski definition) is 5. The van der Waals surface area contributed by atoms with Gasteiger partial charge in [0.25, 0.3) is 0 Å². The second-order valence-corrected chi connectivity index (χ2v) is 8.96. The van der Waals surface area contributed by atoms with Gasteiger partial charge in [-0.05, 0) is 42.5 Å². The number of nitrogens with one attached hydrogen (secondary N) is 2. The maximum atomic E-state index is 12.5. The third kappa shape index (κ3) is 5.97. The minimum atomic E-state index is -1.45. The van der Waals surface area contributed by atoms with E-state index in [1.165, 1.54) is 27.3 Å². The number of pyridine rings is 1. The van der Waals surface area contributed by atoms with E-state index >= 15 is 0 Å². The van der Waals surface area contributed by atoms with Crippen LogP contribution < -0.4 is 15.4 Å². The summed E-state index contributed by atoms with van der Waals surface area (Å²) in [6, 6.07) is 10.1. The number of nitrogens with zero attached hydrogens (tertiary/aromatic N) is 1. The maximum Gasteiger partial charge on any atom is 0.341 e. The normalized spacial score (nSPS) is 22.3. The number of methoxy groups -OCH3 is 2. The zero-order valence-corrected chi connectivity index (χ0v) is 21.9. The summed E-state index contributed by atoms with van der Waals surface area (Å²) in [5, 5.41) is 36.3. The van der Waals surface area contributed by atoms with Crippen molar-refractivity contribution in [2.24, 2.45) is 0 Å². The maximum absolute atomic E-state index is 12.5. The average Bonchev–Trinajstić information content (AvgIpc) is 2.96. The SMILES string of the molecule is COC(=O)c1ccc2ncc(C(=O)OC)c(Nc3ccc(O[C@@H]4O[C@H](CO)[C@H](O)[C@H](O)[C@H]4NC(C)=O)cc3)c2c1. The molecule has 0 saturated carbocycles. The van der Waals surface area contributed by atoms with Gasteiger partial charge in [0, 0.05) is 24.2 Å². The lowest BCUT2D eigenvalue weighted by Crippen LogP contribution is -2.65. The van der Waals surface area contributed by atoms with Crippen molar-refractivity contribution < 1.29 is 48.7 Å². The van der Waals surface area contributed by atoms with Crippen molar-refractivity contribution in [1.82, 2.24) is 10.3 Å². The van der Waals surface area contributed by atoms with Crippen LogP contribution in [0.15, 0.2) is 48.7 Å². The standard InChI is InChI=1S/C27H29N3O10/c1-13(32)29-22-24(34)23(33)20(12-31)40-27(22)39-16-7-5-15(6-8-16)30-21-17-10-14(25(35)37-2)4-9-19(17)28-11-18(21)26(36)38-3/h4-11,20,22-24,27,31,33-34H,12H2,1-3H3,(H,28,30)(H,29,32)/t20-,22-,23+,24-,27-/m1/s1.